The monoisotopic (exact) mass is 205 g/mol. The minimum Gasteiger partial charge on any atom is -0.350 e. The first kappa shape index (κ1) is 11.8. The Balaban J connectivity index is 2.65. The van der Waals surface area contributed by atoms with Gasteiger partial charge in [-0.3, -0.25) is 4.79 Å². The number of amides is 1. The smallest absolute Gasteiger partial charge is 0.220 e. The molecule has 1 rings (SSSR count). The van der Waals surface area contributed by atoms with Crippen molar-refractivity contribution in [1.82, 2.24) is 5.32 Å². The summed E-state index contributed by atoms with van der Waals surface area (Å²) in [5, 5.41) is 2.94. The maximum absolute atomic E-state index is 11.2. The molecule has 1 N–H and O–H groups in total. The highest BCUT2D eigenvalue weighted by Crippen LogP contribution is 2.13. The van der Waals surface area contributed by atoms with Crippen molar-refractivity contribution in [1.29, 1.82) is 0 Å². The first-order valence-electron chi connectivity index (χ1n) is 5.55. The molecule has 2 nitrogen and oxygen atoms in total. The summed E-state index contributed by atoms with van der Waals surface area (Å²) < 4.78 is 0. The van der Waals surface area contributed by atoms with E-state index in [2.05, 4.69) is 36.5 Å². The molecule has 1 atom stereocenters. The highest BCUT2D eigenvalue weighted by molar-refractivity contribution is 5.75. The Hall–Kier alpha value is -1.31. The molecule has 82 valence electrons. The van der Waals surface area contributed by atoms with Gasteiger partial charge in [0.1, 0.15) is 0 Å². The van der Waals surface area contributed by atoms with E-state index in [1.165, 1.54) is 5.56 Å². The maximum atomic E-state index is 11.2. The van der Waals surface area contributed by atoms with Crippen LogP contribution in [0.1, 0.15) is 44.4 Å². The molecule has 0 radical (unpaired) electrons. The van der Waals surface area contributed by atoms with E-state index >= 15 is 0 Å². The summed E-state index contributed by atoms with van der Waals surface area (Å²) in [7, 11) is 0. The number of nitrogens with one attached hydrogen (secondary N) is 1. The molecule has 0 heterocycles. The van der Waals surface area contributed by atoms with Crippen molar-refractivity contribution >= 4 is 5.91 Å². The van der Waals surface area contributed by atoms with Crippen LogP contribution in [0.2, 0.25) is 0 Å². The average molecular weight is 205 g/mol. The largest absolute Gasteiger partial charge is 0.350 e. The van der Waals surface area contributed by atoms with Gasteiger partial charge in [-0.25, -0.2) is 0 Å². The van der Waals surface area contributed by atoms with Gasteiger partial charge in [-0.2, -0.15) is 0 Å². The van der Waals surface area contributed by atoms with Crippen molar-refractivity contribution in [3.05, 3.63) is 35.4 Å². The maximum Gasteiger partial charge on any atom is 0.220 e. The first-order chi connectivity index (χ1) is 7.17. The van der Waals surface area contributed by atoms with Crippen molar-refractivity contribution in [3.63, 3.8) is 0 Å². The second-order valence-electron chi connectivity index (χ2n) is 3.74. The van der Waals surface area contributed by atoms with Crippen molar-refractivity contribution in [2.75, 3.05) is 0 Å². The average Bonchev–Trinajstić information content (AvgIpc) is 2.29. The third-order valence-corrected chi connectivity index (χ3v) is 2.59. The van der Waals surface area contributed by atoms with Crippen LogP contribution in [0.3, 0.4) is 0 Å². The van der Waals surface area contributed by atoms with Crippen LogP contribution in [-0.2, 0) is 11.2 Å². The zero-order chi connectivity index (χ0) is 11.3. The minimum absolute atomic E-state index is 0.0991. The Labute approximate surface area is 91.7 Å². The first-order valence-corrected chi connectivity index (χ1v) is 5.55. The van der Waals surface area contributed by atoms with E-state index in [0.29, 0.717) is 6.42 Å². The zero-order valence-corrected chi connectivity index (χ0v) is 9.71. The second-order valence-corrected chi connectivity index (χ2v) is 3.74. The van der Waals surface area contributed by atoms with Gasteiger partial charge < -0.3 is 5.32 Å². The number of carbonyl (C=O) groups is 1. The van der Waals surface area contributed by atoms with Crippen molar-refractivity contribution in [3.8, 4) is 0 Å². The Kier molecular flexibility index (Phi) is 4.35. The van der Waals surface area contributed by atoms with E-state index in [4.69, 9.17) is 0 Å². The van der Waals surface area contributed by atoms with Gasteiger partial charge in [0, 0.05) is 6.42 Å². The van der Waals surface area contributed by atoms with Crippen LogP contribution in [0, 0.1) is 0 Å². The van der Waals surface area contributed by atoms with Crippen LogP contribution in [0.25, 0.3) is 0 Å². The van der Waals surface area contributed by atoms with Gasteiger partial charge >= 0.3 is 0 Å². The van der Waals surface area contributed by atoms with Crippen LogP contribution < -0.4 is 5.32 Å². The fraction of sp³-hybridized carbons (Fsp3) is 0.462. The van der Waals surface area contributed by atoms with Gasteiger partial charge in [0.15, 0.2) is 0 Å². The van der Waals surface area contributed by atoms with E-state index in [1.54, 1.807) is 0 Å². The number of hydrogen-bond acceptors (Lipinski definition) is 1. The van der Waals surface area contributed by atoms with Gasteiger partial charge in [-0.05, 0) is 24.5 Å². The predicted molar refractivity (Wildman–Crippen MR) is 62.7 cm³/mol. The highest BCUT2D eigenvalue weighted by atomic mass is 16.1. The molecule has 0 aliphatic rings. The lowest BCUT2D eigenvalue weighted by molar-refractivity contribution is -0.121. The topological polar surface area (TPSA) is 29.1 Å². The molecule has 0 saturated heterocycles. The second kappa shape index (κ2) is 5.54. The van der Waals surface area contributed by atoms with Crippen molar-refractivity contribution in [2.45, 2.75) is 39.7 Å². The molecular weight excluding hydrogens is 186 g/mol. The highest BCUT2D eigenvalue weighted by Gasteiger charge is 2.07. The van der Waals surface area contributed by atoms with Crippen LogP contribution >= 0.6 is 0 Å². The van der Waals surface area contributed by atoms with E-state index in [9.17, 15) is 4.79 Å². The van der Waals surface area contributed by atoms with E-state index in [0.717, 1.165) is 12.0 Å². The van der Waals surface area contributed by atoms with E-state index in [-0.39, 0.29) is 11.9 Å². The van der Waals surface area contributed by atoms with Crippen LogP contribution in [0.5, 0.6) is 0 Å². The standard InChI is InChI=1S/C13H19NO/c1-4-11-6-8-12(9-7-11)10(3)14-13(15)5-2/h6-10H,4-5H2,1-3H3,(H,14,15)/t10-/m0/s1. The molecule has 0 unspecified atom stereocenters. The third kappa shape index (κ3) is 3.39. The normalized spacial score (nSPS) is 12.2. The lowest BCUT2D eigenvalue weighted by Crippen LogP contribution is -2.25. The van der Waals surface area contributed by atoms with Crippen LogP contribution in [0.4, 0.5) is 0 Å². The summed E-state index contributed by atoms with van der Waals surface area (Å²) in [5.74, 6) is 0.0991. The molecule has 0 aliphatic heterocycles. The van der Waals surface area contributed by atoms with Crippen molar-refractivity contribution < 1.29 is 4.79 Å². The third-order valence-electron chi connectivity index (χ3n) is 2.59. The summed E-state index contributed by atoms with van der Waals surface area (Å²) in [4.78, 5) is 11.2. The molecule has 1 aromatic rings. The van der Waals surface area contributed by atoms with Gasteiger partial charge in [-0.1, -0.05) is 38.1 Å². The van der Waals surface area contributed by atoms with Gasteiger partial charge in [0.05, 0.1) is 6.04 Å². The zero-order valence-electron chi connectivity index (χ0n) is 9.71. The number of aryl methyl sites for hydroxylation is 1. The predicted octanol–water partition coefficient (Wildman–Crippen LogP) is 2.84. The van der Waals surface area contributed by atoms with E-state index < -0.39 is 0 Å². The van der Waals surface area contributed by atoms with Crippen LogP contribution in [0.15, 0.2) is 24.3 Å². The lowest BCUT2D eigenvalue weighted by Gasteiger charge is -2.14. The molecule has 15 heavy (non-hydrogen) atoms. The van der Waals surface area contributed by atoms with Crippen LogP contribution in [-0.4, -0.2) is 5.91 Å². The number of carbonyl (C=O) groups excluding carboxylic acids is 1. The number of rotatable bonds is 4. The number of hydrogen-bond donors (Lipinski definition) is 1. The molecule has 0 aliphatic carbocycles. The molecule has 2 heteroatoms. The van der Waals surface area contributed by atoms with Gasteiger partial charge in [0.2, 0.25) is 5.91 Å². The molecule has 0 saturated carbocycles. The quantitative estimate of drug-likeness (QED) is 0.804. The Morgan fingerprint density at radius 2 is 1.87 bits per heavy atom. The molecule has 0 bridgehead atoms. The minimum atomic E-state index is 0.0991. The Morgan fingerprint density at radius 1 is 1.27 bits per heavy atom. The van der Waals surface area contributed by atoms with Gasteiger partial charge in [-0.15, -0.1) is 0 Å². The van der Waals surface area contributed by atoms with E-state index in [1.807, 2.05) is 13.8 Å². The Bertz CT molecular complexity index is 316. The fourth-order valence-corrected chi connectivity index (χ4v) is 1.47. The molecule has 0 spiro atoms. The Morgan fingerprint density at radius 3 is 2.33 bits per heavy atom. The summed E-state index contributed by atoms with van der Waals surface area (Å²) in [6.45, 7) is 6.01. The molecule has 0 aromatic heterocycles. The SMILES string of the molecule is CCC(=O)N[C@@H](C)c1ccc(CC)cc1. The summed E-state index contributed by atoms with van der Waals surface area (Å²) >= 11 is 0. The number of benzene rings is 1. The summed E-state index contributed by atoms with van der Waals surface area (Å²) in [6, 6.07) is 8.50. The summed E-state index contributed by atoms with van der Waals surface area (Å²) in [6.07, 6.45) is 1.59. The van der Waals surface area contributed by atoms with Gasteiger partial charge in [0.25, 0.3) is 0 Å². The summed E-state index contributed by atoms with van der Waals surface area (Å²) in [5.41, 5.74) is 2.49. The molecular formula is C13H19NO. The molecule has 0 fully saturated rings. The molecule has 1 amide bonds. The van der Waals surface area contributed by atoms with Crippen molar-refractivity contribution in [2.24, 2.45) is 0 Å². The molecule has 1 aromatic carbocycles. The fourth-order valence-electron chi connectivity index (χ4n) is 1.47. The lowest BCUT2D eigenvalue weighted by atomic mass is 10.0.